The quantitative estimate of drug-likeness (QED) is 0.511. The van der Waals surface area contributed by atoms with Gasteiger partial charge in [0.1, 0.15) is 5.69 Å². The number of sulfonamides is 1. The first kappa shape index (κ1) is 23.6. The normalized spacial score (nSPS) is 18.0. The Bertz CT molecular complexity index is 1230. The molecule has 11 heteroatoms. The highest BCUT2D eigenvalue weighted by Gasteiger charge is 2.34. The zero-order valence-electron chi connectivity index (χ0n) is 19.4. The smallest absolute Gasteiger partial charge is 0.276 e. The number of carbonyl (C=O) groups excluding carboxylic acids is 1. The molecule has 0 aliphatic carbocycles. The van der Waals surface area contributed by atoms with E-state index in [4.69, 9.17) is 9.15 Å². The molecule has 35 heavy (non-hydrogen) atoms. The molecule has 0 radical (unpaired) electrons. The van der Waals surface area contributed by atoms with Gasteiger partial charge in [0.05, 0.1) is 13.2 Å². The number of nitrogens with zero attached hydrogens (tertiary/aromatic N) is 3. The molecule has 1 amide bonds. The van der Waals surface area contributed by atoms with Gasteiger partial charge >= 0.3 is 0 Å². The van der Waals surface area contributed by atoms with E-state index in [1.165, 1.54) is 10.4 Å². The largest absolute Gasteiger partial charge is 0.442 e. The van der Waals surface area contributed by atoms with Gasteiger partial charge in [0.25, 0.3) is 10.0 Å². The summed E-state index contributed by atoms with van der Waals surface area (Å²) in [4.78, 5) is 15.0. The number of morpholine rings is 1. The number of hydrogen-bond acceptors (Lipinski definition) is 7. The van der Waals surface area contributed by atoms with Crippen LogP contribution < -0.4 is 10.2 Å². The lowest BCUT2D eigenvalue weighted by Crippen LogP contribution is -2.42. The fourth-order valence-corrected chi connectivity index (χ4v) is 5.84. The summed E-state index contributed by atoms with van der Waals surface area (Å²) >= 11 is 0. The molecular formula is C24H29N5O5S. The molecule has 3 aromatic rings. The second kappa shape index (κ2) is 10.2. The van der Waals surface area contributed by atoms with Crippen LogP contribution >= 0.6 is 0 Å². The number of furan rings is 1. The summed E-state index contributed by atoms with van der Waals surface area (Å²) in [6, 6.07) is 13.0. The molecule has 1 aromatic carbocycles. The summed E-state index contributed by atoms with van der Waals surface area (Å²) in [6.45, 7) is 4.25. The molecule has 2 aliphatic heterocycles. The molecule has 2 fully saturated rings. The van der Waals surface area contributed by atoms with E-state index in [-0.39, 0.29) is 30.0 Å². The van der Waals surface area contributed by atoms with Crippen LogP contribution in [0.2, 0.25) is 0 Å². The third-order valence-electron chi connectivity index (χ3n) is 6.55. The fraction of sp³-hybridized carbons (Fsp3) is 0.417. The first-order chi connectivity index (χ1) is 17.0. The molecule has 0 saturated carbocycles. The topological polar surface area (TPSA) is 121 Å². The molecule has 2 saturated heterocycles. The average molecular weight is 500 g/mol. The Morgan fingerprint density at radius 3 is 2.46 bits per heavy atom. The van der Waals surface area contributed by atoms with Crippen LogP contribution in [0, 0.1) is 5.92 Å². The van der Waals surface area contributed by atoms with E-state index < -0.39 is 10.0 Å². The molecule has 2 aliphatic rings. The minimum Gasteiger partial charge on any atom is -0.442 e. The highest BCUT2D eigenvalue weighted by Crippen LogP contribution is 2.28. The van der Waals surface area contributed by atoms with Crippen LogP contribution in [-0.4, -0.2) is 68.2 Å². The second-order valence-corrected chi connectivity index (χ2v) is 10.6. The van der Waals surface area contributed by atoms with E-state index in [1.54, 1.807) is 18.3 Å². The first-order valence-electron chi connectivity index (χ1n) is 11.8. The molecule has 0 unspecified atom stereocenters. The van der Waals surface area contributed by atoms with Crippen molar-refractivity contribution in [3.63, 3.8) is 0 Å². The first-order valence-corrected chi connectivity index (χ1v) is 13.2. The molecule has 0 atom stereocenters. The minimum absolute atomic E-state index is 0.0427. The minimum atomic E-state index is -3.76. The summed E-state index contributed by atoms with van der Waals surface area (Å²) < 4.78 is 38.3. The maximum atomic E-state index is 13.0. The fourth-order valence-electron chi connectivity index (χ4n) is 4.46. The van der Waals surface area contributed by atoms with Gasteiger partial charge in [0.15, 0.2) is 5.76 Å². The van der Waals surface area contributed by atoms with E-state index in [1.807, 2.05) is 12.1 Å². The summed E-state index contributed by atoms with van der Waals surface area (Å²) in [6.07, 6.45) is 2.51. The molecule has 5 rings (SSSR count). The summed E-state index contributed by atoms with van der Waals surface area (Å²) in [7, 11) is -3.76. The van der Waals surface area contributed by atoms with Gasteiger partial charge in [-0.15, -0.1) is 0 Å². The highest BCUT2D eigenvalue weighted by atomic mass is 32.2. The molecule has 2 aromatic heterocycles. The maximum absolute atomic E-state index is 13.0. The highest BCUT2D eigenvalue weighted by molar-refractivity contribution is 7.89. The van der Waals surface area contributed by atoms with Crippen LogP contribution in [-0.2, 0) is 26.1 Å². The van der Waals surface area contributed by atoms with Crippen molar-refractivity contribution in [1.29, 1.82) is 0 Å². The average Bonchev–Trinajstić information content (AvgIpc) is 3.61. The Hall–Kier alpha value is -3.15. The van der Waals surface area contributed by atoms with Crippen LogP contribution in [0.4, 0.5) is 5.69 Å². The molecule has 10 nitrogen and oxygen atoms in total. The van der Waals surface area contributed by atoms with Crippen molar-refractivity contribution in [3.05, 3.63) is 54.2 Å². The Balaban J connectivity index is 1.11. The van der Waals surface area contributed by atoms with Gasteiger partial charge < -0.3 is 19.4 Å². The molecular weight excluding hydrogens is 470 g/mol. The van der Waals surface area contributed by atoms with Crippen LogP contribution in [0.5, 0.6) is 0 Å². The number of piperidine rings is 1. The number of ether oxygens (including phenoxy) is 1. The van der Waals surface area contributed by atoms with Crippen molar-refractivity contribution in [1.82, 2.24) is 19.8 Å². The summed E-state index contributed by atoms with van der Waals surface area (Å²) in [5.41, 5.74) is 2.80. The lowest BCUT2D eigenvalue weighted by atomic mass is 9.97. The predicted molar refractivity (Wildman–Crippen MR) is 129 cm³/mol. The van der Waals surface area contributed by atoms with Crippen LogP contribution in [0.15, 0.2) is 58.2 Å². The Kier molecular flexibility index (Phi) is 6.89. The van der Waals surface area contributed by atoms with Crippen molar-refractivity contribution in [2.24, 2.45) is 5.92 Å². The molecule has 2 N–H and O–H groups in total. The van der Waals surface area contributed by atoms with E-state index in [0.29, 0.717) is 30.8 Å². The van der Waals surface area contributed by atoms with Crippen molar-refractivity contribution in [3.8, 4) is 11.5 Å². The van der Waals surface area contributed by atoms with Gasteiger partial charge in [-0.05, 0) is 48.7 Å². The van der Waals surface area contributed by atoms with Crippen molar-refractivity contribution >= 4 is 21.6 Å². The summed E-state index contributed by atoms with van der Waals surface area (Å²) in [5, 5.41) is 9.50. The monoisotopic (exact) mass is 499 g/mol. The van der Waals surface area contributed by atoms with Crippen LogP contribution in [0.25, 0.3) is 11.5 Å². The Morgan fingerprint density at radius 1 is 1.03 bits per heavy atom. The lowest BCUT2D eigenvalue weighted by molar-refractivity contribution is -0.126. The molecule has 0 spiro atoms. The SMILES string of the molecule is O=C(NCc1ccc(N2CCOCC2)cc1)C1CCN(S(=O)(=O)c2ccc(-c3ccn[nH]3)o2)CC1. The van der Waals surface area contributed by atoms with E-state index in [9.17, 15) is 13.2 Å². The van der Waals surface area contributed by atoms with Gasteiger partial charge in [-0.3, -0.25) is 9.89 Å². The van der Waals surface area contributed by atoms with Crippen LogP contribution in [0.1, 0.15) is 18.4 Å². The number of anilines is 1. The van der Waals surface area contributed by atoms with Gasteiger partial charge in [-0.25, -0.2) is 8.42 Å². The van der Waals surface area contributed by atoms with Crippen molar-refractivity contribution in [2.75, 3.05) is 44.3 Å². The standard InChI is InChI=1S/C24H29N5O5S/c30-24(25-17-18-1-3-20(4-2-18)28-13-15-33-16-14-28)19-8-11-29(12-9-19)35(31,32)23-6-5-22(34-23)21-7-10-26-27-21/h1-7,10,19H,8-9,11-17H2,(H,25,30)(H,26,27). The third-order valence-corrected chi connectivity index (χ3v) is 8.32. The summed E-state index contributed by atoms with van der Waals surface area (Å²) in [5.74, 6) is 0.151. The number of aromatic nitrogens is 2. The van der Waals surface area contributed by atoms with Gasteiger partial charge in [-0.1, -0.05) is 12.1 Å². The van der Waals surface area contributed by atoms with E-state index in [0.717, 1.165) is 37.6 Å². The maximum Gasteiger partial charge on any atom is 0.276 e. The zero-order valence-corrected chi connectivity index (χ0v) is 20.2. The van der Waals surface area contributed by atoms with Crippen LogP contribution in [0.3, 0.4) is 0 Å². The predicted octanol–water partition coefficient (Wildman–Crippen LogP) is 2.22. The number of hydrogen-bond donors (Lipinski definition) is 2. The molecule has 4 heterocycles. The molecule has 186 valence electrons. The number of amides is 1. The van der Waals surface area contributed by atoms with Crippen molar-refractivity contribution in [2.45, 2.75) is 24.5 Å². The number of rotatable bonds is 7. The van der Waals surface area contributed by atoms with Gasteiger partial charge in [-0.2, -0.15) is 9.40 Å². The lowest BCUT2D eigenvalue weighted by Gasteiger charge is -2.30. The van der Waals surface area contributed by atoms with E-state index in [2.05, 4.69) is 32.5 Å². The number of nitrogens with one attached hydrogen (secondary N) is 2. The van der Waals surface area contributed by atoms with Gasteiger partial charge in [0, 0.05) is 50.5 Å². The van der Waals surface area contributed by atoms with Gasteiger partial charge in [0.2, 0.25) is 11.0 Å². The Labute approximate surface area is 204 Å². The third kappa shape index (κ3) is 5.26. The number of aromatic amines is 1. The zero-order chi connectivity index (χ0) is 24.3. The van der Waals surface area contributed by atoms with Crippen molar-refractivity contribution < 1.29 is 22.4 Å². The van der Waals surface area contributed by atoms with E-state index >= 15 is 0 Å². The Morgan fingerprint density at radius 2 is 1.77 bits per heavy atom. The number of H-pyrrole nitrogens is 1. The number of benzene rings is 1. The number of carbonyl (C=O) groups is 1. The molecule has 0 bridgehead atoms. The second-order valence-electron chi connectivity index (χ2n) is 8.75.